The molecule has 1 unspecified atom stereocenters. The molecule has 0 saturated heterocycles. The number of carboxylic acid groups (broad SMARTS) is 1. The van der Waals surface area contributed by atoms with Crippen LogP contribution >= 0.6 is 0 Å². The summed E-state index contributed by atoms with van der Waals surface area (Å²) in [5, 5.41) is 13.9. The highest BCUT2D eigenvalue weighted by atomic mass is 16.5. The van der Waals surface area contributed by atoms with Gasteiger partial charge in [-0.25, -0.2) is 9.59 Å². The largest absolute Gasteiger partial charge is 0.480 e. The lowest BCUT2D eigenvalue weighted by atomic mass is 10.1. The number of ether oxygens (including phenoxy) is 1. The van der Waals surface area contributed by atoms with Gasteiger partial charge in [0, 0.05) is 6.54 Å². The predicted octanol–water partition coefficient (Wildman–Crippen LogP) is 1.35. The minimum Gasteiger partial charge on any atom is -0.480 e. The van der Waals surface area contributed by atoms with Crippen molar-refractivity contribution in [3.63, 3.8) is 0 Å². The molecular formula is C12H24N2O4. The van der Waals surface area contributed by atoms with Gasteiger partial charge < -0.3 is 20.5 Å². The third-order valence-corrected chi connectivity index (χ3v) is 2.29. The molecule has 6 heteroatoms. The standard InChI is InChI=1S/C12H24N2O4/c1-4-5-6-10(11(15)16)14-12(17)13-7-8-18-9(2)3/h9-10H,4-8H2,1-3H3,(H,15,16)(H2,13,14,17). The first-order valence-electron chi connectivity index (χ1n) is 6.36. The lowest BCUT2D eigenvalue weighted by Crippen LogP contribution is -2.46. The molecule has 3 N–H and O–H groups in total. The number of hydrogen-bond acceptors (Lipinski definition) is 3. The normalized spacial score (nSPS) is 12.2. The van der Waals surface area contributed by atoms with Crippen molar-refractivity contribution in [2.75, 3.05) is 13.2 Å². The molecule has 0 aromatic rings. The van der Waals surface area contributed by atoms with Crippen molar-refractivity contribution >= 4 is 12.0 Å². The molecule has 0 fully saturated rings. The summed E-state index contributed by atoms with van der Waals surface area (Å²) in [4.78, 5) is 22.3. The molecule has 0 heterocycles. The molecule has 0 aliphatic heterocycles. The second kappa shape index (κ2) is 9.70. The van der Waals surface area contributed by atoms with Crippen LogP contribution < -0.4 is 10.6 Å². The highest BCUT2D eigenvalue weighted by molar-refractivity contribution is 5.82. The van der Waals surface area contributed by atoms with Gasteiger partial charge in [0.2, 0.25) is 0 Å². The Morgan fingerprint density at radius 1 is 1.33 bits per heavy atom. The van der Waals surface area contributed by atoms with Crippen molar-refractivity contribution in [3.8, 4) is 0 Å². The van der Waals surface area contributed by atoms with Gasteiger partial charge in [0.25, 0.3) is 0 Å². The van der Waals surface area contributed by atoms with E-state index in [9.17, 15) is 9.59 Å². The van der Waals surface area contributed by atoms with E-state index >= 15 is 0 Å². The van der Waals surface area contributed by atoms with Crippen LogP contribution in [0.25, 0.3) is 0 Å². The van der Waals surface area contributed by atoms with Gasteiger partial charge in [0.05, 0.1) is 12.7 Å². The van der Waals surface area contributed by atoms with E-state index in [-0.39, 0.29) is 6.10 Å². The molecule has 0 aliphatic rings. The summed E-state index contributed by atoms with van der Waals surface area (Å²) in [6.45, 7) is 6.57. The Morgan fingerprint density at radius 2 is 2.00 bits per heavy atom. The molecule has 2 amide bonds. The first-order chi connectivity index (χ1) is 8.47. The maximum atomic E-state index is 11.4. The quantitative estimate of drug-likeness (QED) is 0.546. The summed E-state index contributed by atoms with van der Waals surface area (Å²) in [5.41, 5.74) is 0. The van der Waals surface area contributed by atoms with E-state index in [1.807, 2.05) is 20.8 Å². The Labute approximate surface area is 108 Å². The molecule has 0 rings (SSSR count). The Balaban J connectivity index is 3.84. The van der Waals surface area contributed by atoms with Crippen molar-refractivity contribution in [3.05, 3.63) is 0 Å². The van der Waals surface area contributed by atoms with E-state index in [1.165, 1.54) is 0 Å². The van der Waals surface area contributed by atoms with E-state index in [2.05, 4.69) is 10.6 Å². The van der Waals surface area contributed by atoms with E-state index < -0.39 is 18.0 Å². The van der Waals surface area contributed by atoms with Crippen LogP contribution in [-0.4, -0.2) is 42.4 Å². The van der Waals surface area contributed by atoms with Gasteiger partial charge in [0.15, 0.2) is 0 Å². The summed E-state index contributed by atoms with van der Waals surface area (Å²) >= 11 is 0. The Morgan fingerprint density at radius 3 is 2.50 bits per heavy atom. The van der Waals surface area contributed by atoms with Crippen molar-refractivity contribution in [2.45, 2.75) is 52.2 Å². The summed E-state index contributed by atoms with van der Waals surface area (Å²) in [6, 6.07) is -1.29. The van der Waals surface area contributed by atoms with Crippen LogP contribution in [0.4, 0.5) is 4.79 Å². The van der Waals surface area contributed by atoms with Crippen LogP contribution in [0.5, 0.6) is 0 Å². The molecule has 0 radical (unpaired) electrons. The minimum absolute atomic E-state index is 0.117. The lowest BCUT2D eigenvalue weighted by molar-refractivity contribution is -0.139. The van der Waals surface area contributed by atoms with Gasteiger partial charge in [-0.15, -0.1) is 0 Å². The van der Waals surface area contributed by atoms with Crippen LogP contribution in [0, 0.1) is 0 Å². The molecule has 1 atom stereocenters. The molecule has 0 bridgehead atoms. The number of unbranched alkanes of at least 4 members (excludes halogenated alkanes) is 1. The third kappa shape index (κ3) is 8.81. The molecule has 18 heavy (non-hydrogen) atoms. The molecule has 0 aromatic carbocycles. The summed E-state index contributed by atoms with van der Waals surface area (Å²) < 4.78 is 5.25. The fourth-order valence-corrected chi connectivity index (χ4v) is 1.33. The van der Waals surface area contributed by atoms with E-state index in [0.29, 0.717) is 19.6 Å². The van der Waals surface area contributed by atoms with E-state index in [4.69, 9.17) is 9.84 Å². The maximum absolute atomic E-state index is 11.4. The number of rotatable bonds is 9. The number of carbonyl (C=O) groups is 2. The zero-order valence-electron chi connectivity index (χ0n) is 11.4. The van der Waals surface area contributed by atoms with Crippen LogP contribution in [0.15, 0.2) is 0 Å². The van der Waals surface area contributed by atoms with Gasteiger partial charge in [-0.3, -0.25) is 0 Å². The molecule has 0 spiro atoms. The topological polar surface area (TPSA) is 87.7 Å². The highest BCUT2D eigenvalue weighted by Gasteiger charge is 2.18. The number of carbonyl (C=O) groups excluding carboxylic acids is 1. The second-order valence-corrected chi connectivity index (χ2v) is 4.35. The van der Waals surface area contributed by atoms with E-state index in [0.717, 1.165) is 12.8 Å². The fraction of sp³-hybridized carbons (Fsp3) is 0.833. The van der Waals surface area contributed by atoms with E-state index in [1.54, 1.807) is 0 Å². The Kier molecular flexibility index (Phi) is 9.00. The zero-order chi connectivity index (χ0) is 14.0. The number of urea groups is 1. The molecule has 0 aliphatic carbocycles. The molecular weight excluding hydrogens is 236 g/mol. The minimum atomic E-state index is -1.00. The van der Waals surface area contributed by atoms with Gasteiger partial charge in [-0.1, -0.05) is 19.8 Å². The van der Waals surface area contributed by atoms with Crippen LogP contribution in [0.3, 0.4) is 0 Å². The fourth-order valence-electron chi connectivity index (χ4n) is 1.33. The third-order valence-electron chi connectivity index (χ3n) is 2.29. The lowest BCUT2D eigenvalue weighted by Gasteiger charge is -2.15. The average Bonchev–Trinajstić information content (AvgIpc) is 2.29. The van der Waals surface area contributed by atoms with Crippen LogP contribution in [0.2, 0.25) is 0 Å². The first kappa shape index (κ1) is 16.7. The van der Waals surface area contributed by atoms with Gasteiger partial charge in [-0.05, 0) is 20.3 Å². The van der Waals surface area contributed by atoms with Crippen LogP contribution in [0.1, 0.15) is 40.0 Å². The van der Waals surface area contributed by atoms with Crippen LogP contribution in [-0.2, 0) is 9.53 Å². The predicted molar refractivity (Wildman–Crippen MR) is 68.6 cm³/mol. The summed E-state index contributed by atoms with van der Waals surface area (Å²) in [7, 11) is 0. The number of hydrogen-bond donors (Lipinski definition) is 3. The summed E-state index contributed by atoms with van der Waals surface area (Å²) in [5.74, 6) is -1.00. The number of nitrogens with one attached hydrogen (secondary N) is 2. The summed E-state index contributed by atoms with van der Waals surface area (Å²) in [6.07, 6.45) is 2.23. The van der Waals surface area contributed by atoms with Gasteiger partial charge in [-0.2, -0.15) is 0 Å². The number of amides is 2. The smallest absolute Gasteiger partial charge is 0.326 e. The van der Waals surface area contributed by atoms with Crippen molar-refractivity contribution in [1.82, 2.24) is 10.6 Å². The van der Waals surface area contributed by atoms with Crippen molar-refractivity contribution in [2.24, 2.45) is 0 Å². The molecule has 0 saturated carbocycles. The first-order valence-corrected chi connectivity index (χ1v) is 6.36. The van der Waals surface area contributed by atoms with Crippen molar-refractivity contribution < 1.29 is 19.4 Å². The SMILES string of the molecule is CCCCC(NC(=O)NCCOC(C)C)C(=O)O. The van der Waals surface area contributed by atoms with Gasteiger partial charge >= 0.3 is 12.0 Å². The van der Waals surface area contributed by atoms with Gasteiger partial charge in [0.1, 0.15) is 6.04 Å². The number of carboxylic acids is 1. The monoisotopic (exact) mass is 260 g/mol. The molecule has 6 nitrogen and oxygen atoms in total. The zero-order valence-corrected chi connectivity index (χ0v) is 11.4. The Bertz CT molecular complexity index is 256. The van der Waals surface area contributed by atoms with Crippen molar-refractivity contribution in [1.29, 1.82) is 0 Å². The number of aliphatic carboxylic acids is 1. The molecule has 0 aromatic heterocycles. The maximum Gasteiger partial charge on any atom is 0.326 e. The average molecular weight is 260 g/mol. The second-order valence-electron chi connectivity index (χ2n) is 4.35. The Hall–Kier alpha value is -1.30. The highest BCUT2D eigenvalue weighted by Crippen LogP contribution is 2.00. The molecule has 106 valence electrons.